The number of benzene rings is 1. The number of fused-ring (bicyclic) bond motifs is 1. The molecular formula is C26H31ClFN5O4. The van der Waals surface area contributed by atoms with Crippen molar-refractivity contribution in [2.24, 2.45) is 5.92 Å². The van der Waals surface area contributed by atoms with Crippen molar-refractivity contribution in [2.45, 2.75) is 57.2 Å². The Hall–Kier alpha value is -2.98. The highest BCUT2D eigenvalue weighted by Crippen LogP contribution is 2.37. The normalized spacial score (nSPS) is 24.5. The van der Waals surface area contributed by atoms with Gasteiger partial charge in [0.25, 0.3) is 0 Å². The summed E-state index contributed by atoms with van der Waals surface area (Å²) in [5.41, 5.74) is 2.40. The molecule has 2 fully saturated rings. The lowest BCUT2D eigenvalue weighted by Gasteiger charge is -2.42. The Balaban J connectivity index is 1.37. The average molecular weight is 532 g/mol. The molecule has 3 aliphatic heterocycles. The maximum atomic E-state index is 14.3. The van der Waals surface area contributed by atoms with E-state index in [4.69, 9.17) is 21.3 Å². The van der Waals surface area contributed by atoms with Crippen LogP contribution in [0.4, 0.5) is 15.1 Å². The van der Waals surface area contributed by atoms with Gasteiger partial charge in [0, 0.05) is 56.4 Å². The van der Waals surface area contributed by atoms with Gasteiger partial charge in [-0.1, -0.05) is 17.7 Å². The summed E-state index contributed by atoms with van der Waals surface area (Å²) in [5.74, 6) is -1.06. The van der Waals surface area contributed by atoms with Crippen LogP contribution >= 0.6 is 11.6 Å². The number of hydrogen-bond acceptors (Lipinski definition) is 6. The van der Waals surface area contributed by atoms with Crippen molar-refractivity contribution in [1.82, 2.24) is 19.8 Å². The van der Waals surface area contributed by atoms with E-state index in [9.17, 15) is 19.1 Å². The zero-order valence-electron chi connectivity index (χ0n) is 20.7. The zero-order valence-corrected chi connectivity index (χ0v) is 21.5. The fourth-order valence-corrected chi connectivity index (χ4v) is 5.72. The number of anilines is 1. The van der Waals surface area contributed by atoms with Crippen molar-refractivity contribution in [2.75, 3.05) is 31.6 Å². The molecule has 2 saturated heterocycles. The highest BCUT2D eigenvalue weighted by atomic mass is 35.5. The summed E-state index contributed by atoms with van der Waals surface area (Å²) < 4.78 is 19.7. The fourth-order valence-electron chi connectivity index (χ4n) is 5.60. The van der Waals surface area contributed by atoms with E-state index < -0.39 is 23.7 Å². The maximum Gasteiger partial charge on any atom is 0.407 e. The molecule has 3 aliphatic rings. The van der Waals surface area contributed by atoms with Gasteiger partial charge in [0.2, 0.25) is 11.9 Å². The Labute approximate surface area is 220 Å². The molecule has 11 heteroatoms. The molecule has 2 amide bonds. The first-order valence-corrected chi connectivity index (χ1v) is 13.1. The van der Waals surface area contributed by atoms with Crippen LogP contribution in [0.15, 0.2) is 24.4 Å². The van der Waals surface area contributed by atoms with Crippen molar-refractivity contribution >= 4 is 29.5 Å². The van der Waals surface area contributed by atoms with E-state index in [1.807, 2.05) is 18.0 Å². The van der Waals surface area contributed by atoms with Gasteiger partial charge in [0.05, 0.1) is 17.3 Å². The zero-order chi connectivity index (χ0) is 26.1. The van der Waals surface area contributed by atoms with Crippen LogP contribution in [0.25, 0.3) is 0 Å². The minimum absolute atomic E-state index is 0.0105. The van der Waals surface area contributed by atoms with E-state index in [1.54, 1.807) is 6.07 Å². The van der Waals surface area contributed by atoms with Crippen molar-refractivity contribution in [3.8, 4) is 0 Å². The highest BCUT2D eigenvalue weighted by Gasteiger charge is 2.41. The van der Waals surface area contributed by atoms with Gasteiger partial charge >= 0.3 is 6.09 Å². The van der Waals surface area contributed by atoms with Crippen LogP contribution in [-0.2, 0) is 22.5 Å². The predicted molar refractivity (Wildman–Crippen MR) is 135 cm³/mol. The first kappa shape index (κ1) is 25.7. The van der Waals surface area contributed by atoms with E-state index >= 15 is 0 Å². The molecule has 1 aromatic carbocycles. The number of carbonyl (C=O) groups excluding carboxylic acids is 1. The summed E-state index contributed by atoms with van der Waals surface area (Å²) in [6, 6.07) is 4.63. The number of carboxylic acid groups (broad SMARTS) is 1. The summed E-state index contributed by atoms with van der Waals surface area (Å²) in [5, 5.41) is 13.0. The number of rotatable bonds is 4. The van der Waals surface area contributed by atoms with Crippen molar-refractivity contribution in [3.63, 3.8) is 0 Å². The van der Waals surface area contributed by atoms with E-state index in [0.717, 1.165) is 24.1 Å². The molecule has 0 bridgehead atoms. The van der Waals surface area contributed by atoms with Crippen molar-refractivity contribution in [3.05, 3.63) is 52.1 Å². The number of ether oxygens (including phenoxy) is 1. The Morgan fingerprint density at radius 3 is 2.76 bits per heavy atom. The molecule has 0 aliphatic carbocycles. The first-order valence-electron chi connectivity index (χ1n) is 12.7. The number of piperidine rings is 1. The van der Waals surface area contributed by atoms with Crippen LogP contribution in [-0.4, -0.2) is 75.3 Å². The van der Waals surface area contributed by atoms with Crippen molar-refractivity contribution < 1.29 is 23.8 Å². The number of hydrogen-bond donors (Lipinski definition) is 2. The van der Waals surface area contributed by atoms with Gasteiger partial charge in [0.15, 0.2) is 0 Å². The lowest BCUT2D eigenvalue weighted by atomic mass is 9.79. The Bertz CT molecular complexity index is 1180. The van der Waals surface area contributed by atoms with Gasteiger partial charge < -0.3 is 25.0 Å². The van der Waals surface area contributed by atoms with Crippen LogP contribution < -0.4 is 5.32 Å². The third-order valence-electron chi connectivity index (χ3n) is 7.73. The van der Waals surface area contributed by atoms with Gasteiger partial charge in [-0.3, -0.25) is 4.79 Å². The molecule has 2 aromatic rings. The molecular weight excluding hydrogens is 501 g/mol. The number of nitrogens with one attached hydrogen (secondary N) is 1. The van der Waals surface area contributed by atoms with Crippen LogP contribution in [0.5, 0.6) is 0 Å². The quantitative estimate of drug-likeness (QED) is 0.615. The summed E-state index contributed by atoms with van der Waals surface area (Å²) in [6.07, 6.45) is 3.57. The number of nitrogens with zero attached hydrogens (tertiary/aromatic N) is 4. The van der Waals surface area contributed by atoms with Crippen LogP contribution in [0, 0.1) is 11.7 Å². The Kier molecular flexibility index (Phi) is 7.48. The third kappa shape index (κ3) is 5.50. The fraction of sp³-hybridized carbons (Fsp3) is 0.538. The molecule has 37 heavy (non-hydrogen) atoms. The molecule has 9 nitrogen and oxygen atoms in total. The van der Waals surface area contributed by atoms with Gasteiger partial charge in [-0.05, 0) is 55.9 Å². The largest absolute Gasteiger partial charge is 0.465 e. The molecule has 198 valence electrons. The van der Waals surface area contributed by atoms with Gasteiger partial charge in [-0.15, -0.1) is 0 Å². The highest BCUT2D eigenvalue weighted by molar-refractivity contribution is 6.30. The lowest BCUT2D eigenvalue weighted by molar-refractivity contribution is -0.141. The van der Waals surface area contributed by atoms with E-state index in [2.05, 4.69) is 10.3 Å². The standard InChI is InChI=1S/C26H31ClFN5O4/c1-15-10-17-12-29-25(30-18-5-8-37-9-6-18)31-23(17)14-33(15)24(34)19-4-7-32(26(35)36)13-20(19)16-2-3-21(27)22(28)11-16/h2-3,11-12,15,18-20H,4-10,13-14H2,1H3,(H,35,36)(H,29,30,31)/t15-,19?,20?/m1/s1. The smallest absolute Gasteiger partial charge is 0.407 e. The van der Waals surface area contributed by atoms with E-state index in [1.165, 1.54) is 17.0 Å². The SMILES string of the molecule is C[C@@H]1Cc2cnc(NC3CCOCC3)nc2CN1C(=O)C1CCN(C(=O)O)CC1c1ccc(Cl)c(F)c1. The number of carbonyl (C=O) groups is 2. The Morgan fingerprint density at radius 1 is 1.24 bits per heavy atom. The van der Waals surface area contributed by atoms with Gasteiger partial charge in [-0.2, -0.15) is 0 Å². The second-order valence-electron chi connectivity index (χ2n) is 10.1. The molecule has 0 saturated carbocycles. The molecule has 1 aromatic heterocycles. The maximum absolute atomic E-state index is 14.3. The molecule has 4 heterocycles. The Morgan fingerprint density at radius 2 is 2.03 bits per heavy atom. The minimum atomic E-state index is -1.05. The van der Waals surface area contributed by atoms with Gasteiger partial charge in [-0.25, -0.2) is 19.2 Å². The number of likely N-dealkylation sites (tertiary alicyclic amines) is 1. The van der Waals surface area contributed by atoms with Crippen LogP contribution in [0.1, 0.15) is 48.9 Å². The summed E-state index contributed by atoms with van der Waals surface area (Å²) in [4.78, 5) is 38.0. The number of amides is 2. The monoisotopic (exact) mass is 531 g/mol. The van der Waals surface area contributed by atoms with E-state index in [-0.39, 0.29) is 36.1 Å². The van der Waals surface area contributed by atoms with Gasteiger partial charge in [0.1, 0.15) is 5.82 Å². The second-order valence-corrected chi connectivity index (χ2v) is 10.5. The molecule has 0 spiro atoms. The van der Waals surface area contributed by atoms with E-state index in [0.29, 0.717) is 44.1 Å². The summed E-state index contributed by atoms with van der Waals surface area (Å²) in [6.45, 7) is 4.13. The summed E-state index contributed by atoms with van der Waals surface area (Å²) in [7, 11) is 0. The second kappa shape index (κ2) is 10.8. The average Bonchev–Trinajstić information content (AvgIpc) is 2.90. The number of aromatic nitrogens is 2. The van der Waals surface area contributed by atoms with Crippen LogP contribution in [0.3, 0.4) is 0 Å². The summed E-state index contributed by atoms with van der Waals surface area (Å²) >= 11 is 5.88. The number of halogens is 2. The molecule has 0 radical (unpaired) electrons. The van der Waals surface area contributed by atoms with Crippen LogP contribution in [0.2, 0.25) is 5.02 Å². The minimum Gasteiger partial charge on any atom is -0.465 e. The van der Waals surface area contributed by atoms with Crippen molar-refractivity contribution in [1.29, 1.82) is 0 Å². The topological polar surface area (TPSA) is 108 Å². The first-order chi connectivity index (χ1) is 17.8. The third-order valence-corrected chi connectivity index (χ3v) is 8.04. The molecule has 3 atom stereocenters. The predicted octanol–water partition coefficient (Wildman–Crippen LogP) is 3.92. The lowest BCUT2D eigenvalue weighted by Crippen LogP contribution is -2.51. The molecule has 2 unspecified atom stereocenters. The molecule has 5 rings (SSSR count). The molecule has 2 N–H and O–H groups in total.